The summed E-state index contributed by atoms with van der Waals surface area (Å²) in [6.45, 7) is 0. The maximum Gasteiger partial charge on any atom is 0.319 e. The van der Waals surface area contributed by atoms with Gasteiger partial charge in [0.15, 0.2) is 15.6 Å². The predicted molar refractivity (Wildman–Crippen MR) is 101 cm³/mol. The molecule has 0 aromatic heterocycles. The summed E-state index contributed by atoms with van der Waals surface area (Å²) in [5.74, 6) is -0.322. The molecule has 1 heterocycles. The quantitative estimate of drug-likeness (QED) is 0.247. The van der Waals surface area contributed by atoms with Gasteiger partial charge in [-0.1, -0.05) is 28.1 Å². The predicted octanol–water partition coefficient (Wildman–Crippen LogP) is 3.64. The summed E-state index contributed by atoms with van der Waals surface area (Å²) in [7, 11) is -3.04. The van der Waals surface area contributed by atoms with Gasteiger partial charge in [-0.15, -0.1) is 0 Å². The van der Waals surface area contributed by atoms with Crippen LogP contribution in [0.4, 0.5) is 0 Å². The number of sulfone groups is 1. The lowest BCUT2D eigenvalue weighted by molar-refractivity contribution is -0.133. The van der Waals surface area contributed by atoms with Crippen LogP contribution in [0, 0.1) is 3.57 Å². The summed E-state index contributed by atoms with van der Waals surface area (Å²) < 4.78 is 28.5. The van der Waals surface area contributed by atoms with Crippen molar-refractivity contribution in [1.29, 1.82) is 0 Å². The van der Waals surface area contributed by atoms with E-state index in [1.807, 2.05) is 28.7 Å². The Bertz CT molecular complexity index is 908. The molecule has 0 spiro atoms. The number of esters is 1. The second-order valence-electron chi connectivity index (χ2n) is 4.92. The summed E-state index contributed by atoms with van der Waals surface area (Å²) >= 11 is 5.25. The number of Topliss-reactive ketones (excluding diaryl/α,β-unsaturated/α-hetero) is 1. The SMILES string of the molecule is CS(=O)(=O)c1ccccc1I.O=C1CC(=O)c2cc(Br)ccc2O1. The third kappa shape index (κ3) is 4.87. The molecule has 0 N–H and O–H groups in total. The van der Waals surface area contributed by atoms with Crippen molar-refractivity contribution in [3.8, 4) is 5.75 Å². The van der Waals surface area contributed by atoms with Gasteiger partial charge < -0.3 is 4.74 Å². The van der Waals surface area contributed by atoms with Crippen LogP contribution in [0.15, 0.2) is 51.8 Å². The van der Waals surface area contributed by atoms with Crippen molar-refractivity contribution < 1.29 is 22.7 Å². The van der Waals surface area contributed by atoms with Crippen molar-refractivity contribution in [3.63, 3.8) is 0 Å². The Morgan fingerprint density at radius 1 is 1.12 bits per heavy atom. The van der Waals surface area contributed by atoms with E-state index >= 15 is 0 Å². The Morgan fingerprint density at radius 3 is 2.38 bits per heavy atom. The molecular formula is C16H12BrIO5S. The Kier molecular flexibility index (Phi) is 6.16. The molecule has 8 heteroatoms. The molecule has 0 atom stereocenters. The molecule has 0 radical (unpaired) electrons. The first-order chi connectivity index (χ1) is 11.2. The first-order valence-electron chi connectivity index (χ1n) is 6.66. The van der Waals surface area contributed by atoms with Crippen molar-refractivity contribution in [2.45, 2.75) is 11.3 Å². The van der Waals surface area contributed by atoms with E-state index in [0.29, 0.717) is 16.2 Å². The molecule has 2 aromatic rings. The van der Waals surface area contributed by atoms with Crippen molar-refractivity contribution in [2.75, 3.05) is 6.26 Å². The van der Waals surface area contributed by atoms with E-state index in [-0.39, 0.29) is 12.2 Å². The van der Waals surface area contributed by atoms with Crippen LogP contribution < -0.4 is 4.74 Å². The number of fused-ring (bicyclic) bond motifs is 1. The second-order valence-corrected chi connectivity index (χ2v) is 8.98. The van der Waals surface area contributed by atoms with E-state index in [1.54, 1.807) is 36.4 Å². The number of carbonyl (C=O) groups excluding carboxylic acids is 2. The van der Waals surface area contributed by atoms with Crippen molar-refractivity contribution in [2.24, 2.45) is 0 Å². The minimum absolute atomic E-state index is 0.163. The molecule has 0 aliphatic carbocycles. The second kappa shape index (κ2) is 7.75. The molecule has 0 saturated carbocycles. The maximum atomic E-state index is 11.3. The monoisotopic (exact) mass is 522 g/mol. The molecule has 0 bridgehead atoms. The van der Waals surface area contributed by atoms with Gasteiger partial charge in [0.2, 0.25) is 0 Å². The minimum atomic E-state index is -3.04. The lowest BCUT2D eigenvalue weighted by Gasteiger charge is -2.13. The molecule has 2 aromatic carbocycles. The third-order valence-electron chi connectivity index (χ3n) is 3.01. The smallest absolute Gasteiger partial charge is 0.319 e. The topological polar surface area (TPSA) is 77.5 Å². The van der Waals surface area contributed by atoms with Crippen LogP contribution in [0.2, 0.25) is 0 Å². The Morgan fingerprint density at radius 2 is 1.79 bits per heavy atom. The fraction of sp³-hybridized carbons (Fsp3) is 0.125. The average molecular weight is 523 g/mol. The molecule has 3 rings (SSSR count). The molecule has 0 unspecified atom stereocenters. The van der Waals surface area contributed by atoms with Gasteiger partial charge in [0.1, 0.15) is 12.2 Å². The largest absolute Gasteiger partial charge is 0.425 e. The van der Waals surface area contributed by atoms with Crippen LogP contribution in [-0.4, -0.2) is 26.4 Å². The summed E-state index contributed by atoms with van der Waals surface area (Å²) in [5.41, 5.74) is 0.467. The van der Waals surface area contributed by atoms with Crippen LogP contribution in [0.3, 0.4) is 0 Å². The van der Waals surface area contributed by atoms with Gasteiger partial charge in [-0.3, -0.25) is 9.59 Å². The van der Waals surface area contributed by atoms with Crippen LogP contribution >= 0.6 is 38.5 Å². The zero-order chi connectivity index (χ0) is 17.9. The van der Waals surface area contributed by atoms with E-state index in [4.69, 9.17) is 4.74 Å². The van der Waals surface area contributed by atoms with Gasteiger partial charge in [-0.05, 0) is 52.9 Å². The minimum Gasteiger partial charge on any atom is -0.425 e. The normalized spacial score (nSPS) is 13.5. The van der Waals surface area contributed by atoms with Crippen LogP contribution in [0.5, 0.6) is 5.75 Å². The van der Waals surface area contributed by atoms with Crippen molar-refractivity contribution >= 4 is 60.1 Å². The summed E-state index contributed by atoms with van der Waals surface area (Å²) in [6, 6.07) is 11.9. The molecule has 24 heavy (non-hydrogen) atoms. The molecule has 126 valence electrons. The summed E-state index contributed by atoms with van der Waals surface area (Å²) in [5, 5.41) is 0. The number of ketones is 1. The molecule has 0 saturated heterocycles. The van der Waals surface area contributed by atoms with Gasteiger partial charge in [0.25, 0.3) is 0 Å². The Balaban J connectivity index is 0.000000177. The highest BCUT2D eigenvalue weighted by atomic mass is 127. The number of carbonyl (C=O) groups is 2. The van der Waals surface area contributed by atoms with Gasteiger partial charge in [-0.25, -0.2) is 8.42 Å². The standard InChI is InChI=1S/C9H5BrO3.C7H7IO2S/c10-5-1-2-8-6(3-5)7(11)4-9(12)13-8;1-11(9,10)7-5-3-2-4-6(7)8/h1-3H,4H2;2-5H,1H3. The summed E-state index contributed by atoms with van der Waals surface area (Å²) in [6.07, 6.45) is 1.05. The van der Waals surface area contributed by atoms with E-state index in [0.717, 1.165) is 8.04 Å². The van der Waals surface area contributed by atoms with Crippen LogP contribution in [0.25, 0.3) is 0 Å². The number of hydrogen-bond donors (Lipinski definition) is 0. The maximum absolute atomic E-state index is 11.3. The van der Waals surface area contributed by atoms with Crippen molar-refractivity contribution in [3.05, 3.63) is 56.1 Å². The molecular weight excluding hydrogens is 511 g/mol. The van der Waals surface area contributed by atoms with Crippen LogP contribution in [-0.2, 0) is 14.6 Å². The zero-order valence-corrected chi connectivity index (χ0v) is 17.0. The molecule has 0 fully saturated rings. The average Bonchev–Trinajstić information content (AvgIpc) is 2.48. The zero-order valence-electron chi connectivity index (χ0n) is 12.5. The fourth-order valence-electron chi connectivity index (χ4n) is 1.94. The van der Waals surface area contributed by atoms with E-state index < -0.39 is 15.8 Å². The first kappa shape index (κ1) is 19.1. The Hall–Kier alpha value is -1.26. The number of halogens is 2. The van der Waals surface area contributed by atoms with E-state index in [2.05, 4.69) is 15.9 Å². The van der Waals surface area contributed by atoms with Crippen molar-refractivity contribution in [1.82, 2.24) is 0 Å². The fourth-order valence-corrected chi connectivity index (χ4v) is 4.64. The highest BCUT2D eigenvalue weighted by Gasteiger charge is 2.24. The third-order valence-corrected chi connectivity index (χ3v) is 5.96. The van der Waals surface area contributed by atoms with Gasteiger partial charge in [0, 0.05) is 14.3 Å². The Labute approximate surface area is 161 Å². The molecule has 1 aliphatic rings. The van der Waals surface area contributed by atoms with E-state index in [9.17, 15) is 18.0 Å². The first-order valence-corrected chi connectivity index (χ1v) is 10.4. The molecule has 5 nitrogen and oxygen atoms in total. The van der Waals surface area contributed by atoms with Crippen LogP contribution in [0.1, 0.15) is 16.8 Å². The highest BCUT2D eigenvalue weighted by Crippen LogP contribution is 2.27. The van der Waals surface area contributed by atoms with Gasteiger partial charge in [-0.2, -0.15) is 0 Å². The number of ether oxygens (including phenoxy) is 1. The number of rotatable bonds is 1. The highest BCUT2D eigenvalue weighted by molar-refractivity contribution is 14.1. The lowest BCUT2D eigenvalue weighted by Crippen LogP contribution is -2.21. The van der Waals surface area contributed by atoms with Gasteiger partial charge in [0.05, 0.1) is 10.5 Å². The lowest BCUT2D eigenvalue weighted by atomic mass is 10.1. The summed E-state index contributed by atoms with van der Waals surface area (Å²) in [4.78, 5) is 22.6. The van der Waals surface area contributed by atoms with Gasteiger partial charge >= 0.3 is 5.97 Å². The van der Waals surface area contributed by atoms with E-state index in [1.165, 1.54) is 6.26 Å². The number of hydrogen-bond acceptors (Lipinski definition) is 5. The number of benzene rings is 2. The molecule has 1 aliphatic heterocycles. The molecule has 0 amide bonds.